The third kappa shape index (κ3) is 3.48. The predicted octanol–water partition coefficient (Wildman–Crippen LogP) is 3.40. The van der Waals surface area contributed by atoms with Gasteiger partial charge in [0.25, 0.3) is 5.91 Å². The summed E-state index contributed by atoms with van der Waals surface area (Å²) in [5.74, 6) is 0.0850. The highest BCUT2D eigenvalue weighted by Crippen LogP contribution is 2.32. The quantitative estimate of drug-likeness (QED) is 0.508. The summed E-state index contributed by atoms with van der Waals surface area (Å²) in [4.78, 5) is 20.2. The molecule has 1 amide bonds. The normalized spacial score (nSPS) is 10.8. The van der Waals surface area contributed by atoms with Crippen molar-refractivity contribution in [3.63, 3.8) is 0 Å². The number of hydrogen-bond acceptors (Lipinski definition) is 6. The van der Waals surface area contributed by atoms with E-state index in [9.17, 15) is 9.18 Å². The van der Waals surface area contributed by atoms with Crippen molar-refractivity contribution in [1.82, 2.24) is 14.4 Å². The van der Waals surface area contributed by atoms with E-state index in [4.69, 9.17) is 15.2 Å². The number of benzene rings is 2. The predicted molar refractivity (Wildman–Crippen MR) is 110 cm³/mol. The van der Waals surface area contributed by atoms with Gasteiger partial charge < -0.3 is 24.9 Å². The second kappa shape index (κ2) is 7.70. The Bertz CT molecular complexity index is 1250. The molecule has 4 rings (SSSR count). The van der Waals surface area contributed by atoms with Gasteiger partial charge >= 0.3 is 0 Å². The minimum atomic E-state index is -0.826. The van der Waals surface area contributed by atoms with Crippen molar-refractivity contribution in [1.29, 1.82) is 0 Å². The summed E-state index contributed by atoms with van der Waals surface area (Å²) in [7, 11) is 3.12. The van der Waals surface area contributed by atoms with Crippen molar-refractivity contribution in [2.45, 2.75) is 0 Å². The van der Waals surface area contributed by atoms with Crippen LogP contribution in [0.4, 0.5) is 15.9 Å². The zero-order chi connectivity index (χ0) is 21.3. The van der Waals surface area contributed by atoms with E-state index in [0.29, 0.717) is 39.9 Å². The summed E-state index contributed by atoms with van der Waals surface area (Å²) in [5.41, 5.74) is 7.27. The number of carbonyl (C=O) groups is 1. The lowest BCUT2D eigenvalue weighted by Gasteiger charge is -2.13. The Labute approximate surface area is 171 Å². The number of amides is 1. The Kier molecular flexibility index (Phi) is 4.93. The van der Waals surface area contributed by atoms with Crippen molar-refractivity contribution in [3.8, 4) is 22.8 Å². The highest BCUT2D eigenvalue weighted by molar-refractivity contribution is 5.93. The maximum Gasteiger partial charge on any atom is 0.251 e. The number of ether oxygens (including phenoxy) is 2. The molecule has 0 saturated heterocycles. The van der Waals surface area contributed by atoms with Gasteiger partial charge in [-0.2, -0.15) is 0 Å². The third-order valence-corrected chi connectivity index (χ3v) is 4.55. The van der Waals surface area contributed by atoms with Gasteiger partial charge in [0, 0.05) is 35.9 Å². The van der Waals surface area contributed by atoms with Crippen LogP contribution in [0.2, 0.25) is 0 Å². The van der Waals surface area contributed by atoms with Gasteiger partial charge in [0.15, 0.2) is 23.0 Å². The van der Waals surface area contributed by atoms with E-state index < -0.39 is 11.7 Å². The highest BCUT2D eigenvalue weighted by Gasteiger charge is 2.14. The molecule has 9 heteroatoms. The minimum Gasteiger partial charge on any atom is -0.493 e. The molecule has 8 nitrogen and oxygen atoms in total. The van der Waals surface area contributed by atoms with Crippen LogP contribution in [0.5, 0.6) is 11.5 Å². The molecule has 0 atom stereocenters. The molecule has 4 aromatic rings. The van der Waals surface area contributed by atoms with Crippen molar-refractivity contribution < 1.29 is 18.7 Å². The highest BCUT2D eigenvalue weighted by atomic mass is 19.1. The monoisotopic (exact) mass is 407 g/mol. The molecule has 0 radical (unpaired) electrons. The number of nitrogens with one attached hydrogen (secondary N) is 1. The first-order chi connectivity index (χ1) is 14.5. The fraction of sp³-hybridized carbons (Fsp3) is 0.0952. The van der Waals surface area contributed by atoms with Crippen molar-refractivity contribution >= 4 is 23.1 Å². The average molecular weight is 407 g/mol. The molecule has 0 aliphatic carbocycles. The topological polar surface area (TPSA) is 104 Å². The van der Waals surface area contributed by atoms with Crippen LogP contribution < -0.4 is 20.5 Å². The first-order valence-corrected chi connectivity index (χ1v) is 8.92. The maximum atomic E-state index is 14.3. The standard InChI is InChI=1S/C21H18FN5O3/c1-29-17-6-4-13(10-18(17)30-2)25-20-21-24-7-8-27(21)11-16(26-20)12-3-5-14(19(23)28)15(22)9-12/h3-11H,1-2H3,(H2,23,28)(H,25,26). The SMILES string of the molecule is COc1ccc(Nc2nc(-c3ccc(C(N)=O)c(F)c3)cn3ccnc23)cc1OC. The van der Waals surface area contributed by atoms with Gasteiger partial charge in [-0.3, -0.25) is 4.79 Å². The van der Waals surface area contributed by atoms with Gasteiger partial charge in [-0.15, -0.1) is 0 Å². The van der Waals surface area contributed by atoms with Crippen molar-refractivity contribution in [2.75, 3.05) is 19.5 Å². The smallest absolute Gasteiger partial charge is 0.251 e. The number of carbonyl (C=O) groups excluding carboxylic acids is 1. The first kappa shape index (κ1) is 19.2. The van der Waals surface area contributed by atoms with Crippen molar-refractivity contribution in [3.05, 3.63) is 66.4 Å². The van der Waals surface area contributed by atoms with Crippen LogP contribution in [0.1, 0.15) is 10.4 Å². The van der Waals surface area contributed by atoms with Crippen LogP contribution in [0.3, 0.4) is 0 Å². The fourth-order valence-corrected chi connectivity index (χ4v) is 3.08. The van der Waals surface area contributed by atoms with Gasteiger partial charge in [0.1, 0.15) is 5.82 Å². The number of halogens is 1. The van der Waals surface area contributed by atoms with Crippen LogP contribution in [0.15, 0.2) is 55.0 Å². The zero-order valence-corrected chi connectivity index (χ0v) is 16.2. The van der Waals surface area contributed by atoms with E-state index in [2.05, 4.69) is 15.3 Å². The number of methoxy groups -OCH3 is 2. The second-order valence-electron chi connectivity index (χ2n) is 6.39. The van der Waals surface area contributed by atoms with E-state index in [1.807, 2.05) is 6.07 Å². The number of anilines is 2. The maximum absolute atomic E-state index is 14.3. The van der Waals surface area contributed by atoms with E-state index >= 15 is 0 Å². The van der Waals surface area contributed by atoms with Crippen LogP contribution in [-0.2, 0) is 0 Å². The van der Waals surface area contributed by atoms with Crippen LogP contribution in [0, 0.1) is 5.82 Å². The van der Waals surface area contributed by atoms with E-state index in [-0.39, 0.29) is 5.56 Å². The lowest BCUT2D eigenvalue weighted by molar-refractivity contribution is 0.0996. The number of aromatic nitrogens is 3. The molecule has 152 valence electrons. The first-order valence-electron chi connectivity index (χ1n) is 8.92. The molecular weight excluding hydrogens is 389 g/mol. The Balaban J connectivity index is 1.77. The number of hydrogen-bond donors (Lipinski definition) is 2. The fourth-order valence-electron chi connectivity index (χ4n) is 3.08. The molecule has 30 heavy (non-hydrogen) atoms. The molecule has 2 aromatic heterocycles. The minimum absolute atomic E-state index is 0.175. The number of primary amides is 1. The number of rotatable bonds is 6. The number of imidazole rings is 1. The summed E-state index contributed by atoms with van der Waals surface area (Å²) < 4.78 is 26.6. The van der Waals surface area contributed by atoms with Gasteiger partial charge in [0.05, 0.1) is 25.5 Å². The molecule has 2 heterocycles. The van der Waals surface area contributed by atoms with Crippen LogP contribution >= 0.6 is 0 Å². The molecule has 0 aliphatic heterocycles. The van der Waals surface area contributed by atoms with Crippen molar-refractivity contribution in [2.24, 2.45) is 5.73 Å². The van der Waals surface area contributed by atoms with Gasteiger partial charge in [-0.1, -0.05) is 6.07 Å². The molecule has 0 bridgehead atoms. The third-order valence-electron chi connectivity index (χ3n) is 4.55. The summed E-state index contributed by atoms with van der Waals surface area (Å²) >= 11 is 0. The molecule has 3 N–H and O–H groups in total. The molecule has 0 aliphatic rings. The Morgan fingerprint density at radius 3 is 2.63 bits per heavy atom. The van der Waals surface area contributed by atoms with E-state index in [1.165, 1.54) is 12.1 Å². The summed E-state index contributed by atoms with van der Waals surface area (Å²) in [6.45, 7) is 0. The van der Waals surface area contributed by atoms with Gasteiger partial charge in [0.2, 0.25) is 0 Å². The van der Waals surface area contributed by atoms with E-state index in [0.717, 1.165) is 0 Å². The van der Waals surface area contributed by atoms with Gasteiger partial charge in [-0.25, -0.2) is 14.4 Å². The Morgan fingerprint density at radius 1 is 1.13 bits per heavy atom. The molecule has 2 aromatic carbocycles. The number of nitrogens with two attached hydrogens (primary N) is 1. The Morgan fingerprint density at radius 2 is 1.93 bits per heavy atom. The largest absolute Gasteiger partial charge is 0.493 e. The van der Waals surface area contributed by atoms with Gasteiger partial charge in [-0.05, 0) is 24.3 Å². The summed E-state index contributed by atoms with van der Waals surface area (Å²) in [6.07, 6.45) is 5.12. The zero-order valence-electron chi connectivity index (χ0n) is 16.2. The lowest BCUT2D eigenvalue weighted by atomic mass is 10.1. The molecule has 0 spiro atoms. The molecule has 0 saturated carbocycles. The van der Waals surface area contributed by atoms with Crippen LogP contribution in [0.25, 0.3) is 16.9 Å². The summed E-state index contributed by atoms with van der Waals surface area (Å²) in [6, 6.07) is 9.52. The molecule has 0 unspecified atom stereocenters. The second-order valence-corrected chi connectivity index (χ2v) is 6.39. The van der Waals surface area contributed by atoms with E-state index in [1.54, 1.807) is 55.4 Å². The number of fused-ring (bicyclic) bond motifs is 1. The average Bonchev–Trinajstić information content (AvgIpc) is 3.22. The Hall–Kier alpha value is -4.14. The number of nitrogens with zero attached hydrogens (tertiary/aromatic N) is 3. The molecule has 0 fully saturated rings. The van der Waals surface area contributed by atoms with Crippen LogP contribution in [-0.4, -0.2) is 34.5 Å². The molecular formula is C21H18FN5O3. The lowest BCUT2D eigenvalue weighted by Crippen LogP contribution is -2.13. The summed E-state index contributed by atoms with van der Waals surface area (Å²) in [5, 5.41) is 3.22.